The van der Waals surface area contributed by atoms with E-state index >= 15 is 0 Å². The Labute approximate surface area is 106 Å². The van der Waals surface area contributed by atoms with Crippen molar-refractivity contribution in [1.29, 1.82) is 0 Å². The molecule has 0 bridgehead atoms. The molecule has 0 aliphatic heterocycles. The Bertz CT molecular complexity index is 451. The number of hydrogen-bond acceptors (Lipinski definition) is 3. The zero-order valence-corrected chi connectivity index (χ0v) is 11.0. The largest absolute Gasteiger partial charge is 0.494 e. The van der Waals surface area contributed by atoms with Gasteiger partial charge in [-0.2, -0.15) is 0 Å². The number of aromatic nitrogens is 2. The van der Waals surface area contributed by atoms with Crippen LogP contribution in [0.3, 0.4) is 0 Å². The summed E-state index contributed by atoms with van der Waals surface area (Å²) in [5.41, 5.74) is 0.133. The van der Waals surface area contributed by atoms with Gasteiger partial charge in [0.15, 0.2) is 10.7 Å². The molecule has 0 unspecified atom stereocenters. The number of unbranched alkanes of at least 4 members (excludes halogenated alkanes) is 5. The minimum Gasteiger partial charge on any atom is -0.494 e. The molecule has 0 amide bonds. The predicted molar refractivity (Wildman–Crippen MR) is 71.0 cm³/mol. The van der Waals surface area contributed by atoms with Crippen LogP contribution in [0.5, 0.6) is 5.88 Å². The van der Waals surface area contributed by atoms with Crippen LogP contribution in [0.2, 0.25) is 0 Å². The van der Waals surface area contributed by atoms with Crippen LogP contribution >= 0.6 is 12.2 Å². The van der Waals surface area contributed by atoms with Crippen molar-refractivity contribution in [3.63, 3.8) is 0 Å². The Morgan fingerprint density at radius 1 is 1.12 bits per heavy atom. The third-order valence-electron chi connectivity index (χ3n) is 2.80. The molecule has 0 fully saturated rings. The lowest BCUT2D eigenvalue weighted by atomic mass is 10.1. The highest BCUT2D eigenvalue weighted by Gasteiger charge is 2.06. The Morgan fingerprint density at radius 2 is 1.76 bits per heavy atom. The summed E-state index contributed by atoms with van der Waals surface area (Å²) in [4.78, 5) is 16.6. The summed E-state index contributed by atoms with van der Waals surface area (Å²) in [6.45, 7) is 2.18. The molecule has 0 aliphatic rings. The second kappa shape index (κ2) is 7.27. The molecule has 5 heteroatoms. The molecule has 1 aromatic heterocycles. The smallest absolute Gasteiger partial charge is 0.258 e. The lowest BCUT2D eigenvalue weighted by Gasteiger charge is -2.03. The van der Waals surface area contributed by atoms with Crippen molar-refractivity contribution in [1.82, 2.24) is 9.97 Å². The van der Waals surface area contributed by atoms with Gasteiger partial charge in [0.05, 0.1) is 5.56 Å². The number of H-pyrrole nitrogens is 2. The Morgan fingerprint density at radius 3 is 2.41 bits per heavy atom. The fourth-order valence-electron chi connectivity index (χ4n) is 1.81. The highest BCUT2D eigenvalue weighted by molar-refractivity contribution is 7.71. The van der Waals surface area contributed by atoms with Crippen LogP contribution in [0.1, 0.15) is 51.0 Å². The van der Waals surface area contributed by atoms with Crippen molar-refractivity contribution in [2.75, 3.05) is 0 Å². The van der Waals surface area contributed by atoms with E-state index < -0.39 is 0 Å². The van der Waals surface area contributed by atoms with Crippen LogP contribution in [0.15, 0.2) is 4.79 Å². The molecule has 96 valence electrons. The Hall–Kier alpha value is -1.10. The highest BCUT2D eigenvalue weighted by Crippen LogP contribution is 2.12. The molecule has 0 radical (unpaired) electrons. The molecule has 17 heavy (non-hydrogen) atoms. The quantitative estimate of drug-likeness (QED) is 0.519. The summed E-state index contributed by atoms with van der Waals surface area (Å²) >= 11 is 4.76. The van der Waals surface area contributed by atoms with E-state index in [4.69, 9.17) is 12.2 Å². The summed E-state index contributed by atoms with van der Waals surface area (Å²) < 4.78 is 0.166. The highest BCUT2D eigenvalue weighted by atomic mass is 32.1. The van der Waals surface area contributed by atoms with E-state index in [1.165, 1.54) is 25.7 Å². The Kier molecular flexibility index (Phi) is 5.97. The van der Waals surface area contributed by atoms with Gasteiger partial charge in [0, 0.05) is 0 Å². The lowest BCUT2D eigenvalue weighted by Crippen LogP contribution is -2.14. The second-order valence-corrected chi connectivity index (χ2v) is 4.66. The summed E-state index contributed by atoms with van der Waals surface area (Å²) in [6.07, 6.45) is 7.55. The van der Waals surface area contributed by atoms with E-state index in [1.807, 2.05) is 0 Å². The van der Waals surface area contributed by atoms with Crippen molar-refractivity contribution in [3.8, 4) is 5.88 Å². The summed E-state index contributed by atoms with van der Waals surface area (Å²) in [5, 5.41) is 9.57. The van der Waals surface area contributed by atoms with Crippen molar-refractivity contribution in [2.45, 2.75) is 51.9 Å². The molecule has 0 saturated heterocycles. The first-order chi connectivity index (χ1) is 8.15. The van der Waals surface area contributed by atoms with E-state index in [0.29, 0.717) is 12.0 Å². The molecule has 1 rings (SSSR count). The standard InChI is InChI=1S/C12H20N2O2S/c1-2-3-4-5-6-7-8-9-10(15)13-12(17)14-11(9)16/h2-8H2,1H3,(H3,13,14,15,16,17). The second-order valence-electron chi connectivity index (χ2n) is 4.25. The van der Waals surface area contributed by atoms with Crippen LogP contribution in [0.4, 0.5) is 0 Å². The molecule has 1 heterocycles. The molecule has 0 aromatic carbocycles. The first-order valence-corrected chi connectivity index (χ1v) is 6.60. The Balaban J connectivity index is 2.42. The SMILES string of the molecule is CCCCCCCCc1c(O)[nH]c(=S)[nH]c1=O. The van der Waals surface area contributed by atoms with Crippen LogP contribution < -0.4 is 5.56 Å². The summed E-state index contributed by atoms with van der Waals surface area (Å²) in [5.74, 6) is -0.0905. The summed E-state index contributed by atoms with van der Waals surface area (Å²) in [6, 6.07) is 0. The van der Waals surface area contributed by atoms with Gasteiger partial charge in [0.2, 0.25) is 0 Å². The zero-order valence-electron chi connectivity index (χ0n) is 10.2. The fraction of sp³-hybridized carbons (Fsp3) is 0.667. The molecular weight excluding hydrogens is 236 g/mol. The van der Waals surface area contributed by atoms with Gasteiger partial charge in [-0.25, -0.2) is 0 Å². The monoisotopic (exact) mass is 256 g/mol. The van der Waals surface area contributed by atoms with Crippen molar-refractivity contribution in [2.24, 2.45) is 0 Å². The van der Waals surface area contributed by atoms with Gasteiger partial charge in [-0.1, -0.05) is 39.0 Å². The van der Waals surface area contributed by atoms with E-state index in [1.54, 1.807) is 0 Å². The third-order valence-corrected chi connectivity index (χ3v) is 3.00. The van der Waals surface area contributed by atoms with Gasteiger partial charge < -0.3 is 10.1 Å². The normalized spacial score (nSPS) is 10.6. The van der Waals surface area contributed by atoms with Crippen molar-refractivity contribution in [3.05, 3.63) is 20.7 Å². The maximum absolute atomic E-state index is 11.5. The minimum atomic E-state index is -0.278. The first-order valence-electron chi connectivity index (χ1n) is 6.19. The van der Waals surface area contributed by atoms with Crippen LogP contribution in [-0.4, -0.2) is 15.1 Å². The fourth-order valence-corrected chi connectivity index (χ4v) is 2.00. The maximum Gasteiger partial charge on any atom is 0.258 e. The van der Waals surface area contributed by atoms with Gasteiger partial charge in [-0.05, 0) is 25.1 Å². The molecule has 4 nitrogen and oxygen atoms in total. The number of nitrogens with one attached hydrogen (secondary N) is 2. The zero-order chi connectivity index (χ0) is 12.7. The van der Waals surface area contributed by atoms with Gasteiger partial charge in [-0.3, -0.25) is 9.78 Å². The molecular formula is C12H20N2O2S. The average Bonchev–Trinajstić information content (AvgIpc) is 2.26. The topological polar surface area (TPSA) is 68.9 Å². The maximum atomic E-state index is 11.5. The number of hydrogen-bond donors (Lipinski definition) is 3. The van der Waals surface area contributed by atoms with E-state index in [-0.39, 0.29) is 16.2 Å². The van der Waals surface area contributed by atoms with Gasteiger partial charge in [0.25, 0.3) is 5.56 Å². The number of rotatable bonds is 7. The van der Waals surface area contributed by atoms with E-state index in [9.17, 15) is 9.90 Å². The van der Waals surface area contributed by atoms with E-state index in [2.05, 4.69) is 16.9 Å². The minimum absolute atomic E-state index is 0.0905. The molecule has 0 spiro atoms. The third kappa shape index (κ3) is 4.73. The molecule has 0 saturated carbocycles. The lowest BCUT2D eigenvalue weighted by molar-refractivity contribution is 0.439. The van der Waals surface area contributed by atoms with Crippen molar-refractivity contribution >= 4 is 12.2 Å². The molecule has 0 aliphatic carbocycles. The van der Waals surface area contributed by atoms with Crippen LogP contribution in [0, 0.1) is 4.77 Å². The molecule has 1 aromatic rings. The van der Waals surface area contributed by atoms with Gasteiger partial charge >= 0.3 is 0 Å². The number of aromatic hydroxyl groups is 1. The van der Waals surface area contributed by atoms with Crippen LogP contribution in [-0.2, 0) is 6.42 Å². The summed E-state index contributed by atoms with van der Waals surface area (Å²) in [7, 11) is 0. The van der Waals surface area contributed by atoms with Gasteiger partial charge in [-0.15, -0.1) is 0 Å². The van der Waals surface area contributed by atoms with Crippen molar-refractivity contribution < 1.29 is 5.11 Å². The average molecular weight is 256 g/mol. The first kappa shape index (κ1) is 14.0. The molecule has 3 N–H and O–H groups in total. The van der Waals surface area contributed by atoms with Crippen LogP contribution in [0.25, 0.3) is 0 Å². The van der Waals surface area contributed by atoms with E-state index in [0.717, 1.165) is 12.8 Å². The number of aromatic amines is 2. The molecule has 0 atom stereocenters. The van der Waals surface area contributed by atoms with Gasteiger partial charge in [0.1, 0.15) is 0 Å². The predicted octanol–water partition coefficient (Wildman–Crippen LogP) is 3.04.